The highest BCUT2D eigenvalue weighted by atomic mass is 16.4. The molecule has 1 aromatic heterocycles. The fourth-order valence-corrected chi connectivity index (χ4v) is 3.86. The van der Waals surface area contributed by atoms with Crippen molar-refractivity contribution in [2.75, 3.05) is 10.2 Å². The number of hydrogen-bond acceptors (Lipinski definition) is 6. The molecular formula is C22H25N5O2. The number of rotatable bonds is 5. The zero-order chi connectivity index (χ0) is 20.4. The van der Waals surface area contributed by atoms with Gasteiger partial charge in [-0.3, -0.25) is 4.79 Å². The van der Waals surface area contributed by atoms with Crippen LogP contribution in [0.5, 0.6) is 0 Å². The van der Waals surface area contributed by atoms with Gasteiger partial charge in [0.05, 0.1) is 12.6 Å². The second-order valence-corrected chi connectivity index (χ2v) is 7.24. The van der Waals surface area contributed by atoms with E-state index in [2.05, 4.69) is 28.5 Å². The van der Waals surface area contributed by atoms with Crippen molar-refractivity contribution in [1.29, 1.82) is 0 Å². The standard InChI is InChI=1S/C22H25N5O2/c1-3-21(28)27-14(2)12-18(17-6-4-5-7-19(17)27)24-16-10-8-15(9-11-16)22-26-25-20(13-23)29-22/h4-11,14,18,24H,3,12-13,23H2,1-2H3/t14-,18+/m0/s1. The van der Waals surface area contributed by atoms with Gasteiger partial charge in [-0.25, -0.2) is 0 Å². The van der Waals surface area contributed by atoms with Crippen molar-refractivity contribution in [3.8, 4) is 11.5 Å². The van der Waals surface area contributed by atoms with Crippen LogP contribution in [0.4, 0.5) is 11.4 Å². The molecule has 2 aromatic carbocycles. The predicted octanol–water partition coefficient (Wildman–Crippen LogP) is 3.88. The predicted molar refractivity (Wildman–Crippen MR) is 112 cm³/mol. The Balaban J connectivity index is 1.56. The van der Waals surface area contributed by atoms with Gasteiger partial charge in [0.15, 0.2) is 0 Å². The fourth-order valence-electron chi connectivity index (χ4n) is 3.86. The summed E-state index contributed by atoms with van der Waals surface area (Å²) in [5.41, 5.74) is 9.50. The third-order valence-corrected chi connectivity index (χ3v) is 5.27. The number of amides is 1. The van der Waals surface area contributed by atoms with Crippen molar-refractivity contribution in [2.24, 2.45) is 5.73 Å². The average Bonchev–Trinajstić information content (AvgIpc) is 3.23. The number of hydrogen-bond donors (Lipinski definition) is 2. The summed E-state index contributed by atoms with van der Waals surface area (Å²) in [6.07, 6.45) is 1.34. The molecule has 0 spiro atoms. The molecule has 2 heterocycles. The van der Waals surface area contributed by atoms with E-state index in [0.29, 0.717) is 18.2 Å². The van der Waals surface area contributed by atoms with Crippen molar-refractivity contribution in [2.45, 2.75) is 45.3 Å². The van der Waals surface area contributed by atoms with Crippen LogP contribution in [0.15, 0.2) is 52.9 Å². The van der Waals surface area contributed by atoms with E-state index in [-0.39, 0.29) is 24.5 Å². The quantitative estimate of drug-likeness (QED) is 0.685. The summed E-state index contributed by atoms with van der Waals surface area (Å²) in [6, 6.07) is 16.3. The average molecular weight is 391 g/mol. The summed E-state index contributed by atoms with van der Waals surface area (Å²) in [4.78, 5) is 14.4. The second kappa shape index (κ2) is 8.05. The smallest absolute Gasteiger partial charge is 0.247 e. The molecule has 2 atom stereocenters. The Morgan fingerprint density at radius 2 is 1.97 bits per heavy atom. The molecule has 7 nitrogen and oxygen atoms in total. The van der Waals surface area contributed by atoms with E-state index in [4.69, 9.17) is 10.2 Å². The summed E-state index contributed by atoms with van der Waals surface area (Å²) in [5, 5.41) is 11.5. The SMILES string of the molecule is CCC(=O)N1c2ccccc2[C@H](Nc2ccc(-c3nnc(CN)o3)cc2)C[C@@H]1C. The van der Waals surface area contributed by atoms with Gasteiger partial charge in [-0.1, -0.05) is 25.1 Å². The molecule has 4 rings (SSSR count). The topological polar surface area (TPSA) is 97.3 Å². The lowest BCUT2D eigenvalue weighted by atomic mass is 9.91. The van der Waals surface area contributed by atoms with Crippen LogP contribution in [0.3, 0.4) is 0 Å². The highest BCUT2D eigenvalue weighted by Gasteiger charge is 2.32. The van der Waals surface area contributed by atoms with E-state index in [1.54, 1.807) is 0 Å². The number of carbonyl (C=O) groups excluding carboxylic acids is 1. The summed E-state index contributed by atoms with van der Waals surface area (Å²) < 4.78 is 5.51. The van der Waals surface area contributed by atoms with Crippen molar-refractivity contribution in [1.82, 2.24) is 10.2 Å². The molecule has 0 saturated heterocycles. The summed E-state index contributed by atoms with van der Waals surface area (Å²) >= 11 is 0. The molecule has 0 fully saturated rings. The molecule has 7 heteroatoms. The number of aromatic nitrogens is 2. The summed E-state index contributed by atoms with van der Waals surface area (Å²) in [7, 11) is 0. The Bertz CT molecular complexity index is 998. The molecule has 150 valence electrons. The molecular weight excluding hydrogens is 366 g/mol. The molecule has 1 amide bonds. The van der Waals surface area contributed by atoms with E-state index >= 15 is 0 Å². The lowest BCUT2D eigenvalue weighted by Crippen LogP contribution is -2.44. The van der Waals surface area contributed by atoms with Crippen LogP contribution in [-0.2, 0) is 11.3 Å². The van der Waals surface area contributed by atoms with Crippen LogP contribution in [0.1, 0.15) is 44.2 Å². The number of nitrogens with two attached hydrogens (primary N) is 1. The number of anilines is 2. The minimum atomic E-state index is 0.125. The summed E-state index contributed by atoms with van der Waals surface area (Å²) in [6.45, 7) is 4.23. The van der Waals surface area contributed by atoms with Crippen LogP contribution < -0.4 is 16.0 Å². The number of benzene rings is 2. The van der Waals surface area contributed by atoms with E-state index in [9.17, 15) is 4.79 Å². The van der Waals surface area contributed by atoms with Crippen LogP contribution in [0.2, 0.25) is 0 Å². The van der Waals surface area contributed by atoms with Crippen molar-refractivity contribution < 1.29 is 9.21 Å². The largest absolute Gasteiger partial charge is 0.419 e. The third kappa shape index (κ3) is 3.73. The van der Waals surface area contributed by atoms with E-state index in [1.807, 2.05) is 54.3 Å². The molecule has 3 aromatic rings. The maximum absolute atomic E-state index is 12.5. The molecule has 0 radical (unpaired) electrons. The maximum atomic E-state index is 12.5. The van der Waals surface area contributed by atoms with E-state index in [1.165, 1.54) is 0 Å². The molecule has 1 aliphatic heterocycles. The first-order chi connectivity index (χ1) is 14.1. The van der Waals surface area contributed by atoms with Crippen molar-refractivity contribution in [3.05, 3.63) is 60.0 Å². The van der Waals surface area contributed by atoms with Crippen molar-refractivity contribution in [3.63, 3.8) is 0 Å². The minimum absolute atomic E-state index is 0.125. The monoisotopic (exact) mass is 391 g/mol. The highest BCUT2D eigenvalue weighted by molar-refractivity contribution is 5.95. The Morgan fingerprint density at radius 1 is 1.21 bits per heavy atom. The number of nitrogens with zero attached hydrogens (tertiary/aromatic N) is 3. The lowest BCUT2D eigenvalue weighted by molar-refractivity contribution is -0.118. The van der Waals surface area contributed by atoms with Crippen LogP contribution in [-0.4, -0.2) is 22.1 Å². The zero-order valence-corrected chi connectivity index (χ0v) is 16.6. The van der Waals surface area contributed by atoms with Crippen LogP contribution in [0.25, 0.3) is 11.5 Å². The van der Waals surface area contributed by atoms with Gasteiger partial charge in [0.1, 0.15) is 0 Å². The fraction of sp³-hybridized carbons (Fsp3) is 0.318. The zero-order valence-electron chi connectivity index (χ0n) is 16.6. The van der Waals surface area contributed by atoms with Crippen molar-refractivity contribution >= 4 is 17.3 Å². The molecule has 3 N–H and O–H groups in total. The Hall–Kier alpha value is -3.19. The maximum Gasteiger partial charge on any atom is 0.247 e. The lowest BCUT2D eigenvalue weighted by Gasteiger charge is -2.40. The van der Waals surface area contributed by atoms with Gasteiger partial charge >= 0.3 is 0 Å². The number of nitrogens with one attached hydrogen (secondary N) is 1. The minimum Gasteiger partial charge on any atom is -0.419 e. The van der Waals surface area contributed by atoms with Crippen LogP contribution >= 0.6 is 0 Å². The molecule has 0 saturated carbocycles. The molecule has 29 heavy (non-hydrogen) atoms. The number of carbonyl (C=O) groups is 1. The van der Waals surface area contributed by atoms with E-state index < -0.39 is 0 Å². The van der Waals surface area contributed by atoms with Gasteiger partial charge in [0.2, 0.25) is 17.7 Å². The Morgan fingerprint density at radius 3 is 2.66 bits per heavy atom. The molecule has 0 bridgehead atoms. The van der Waals surface area contributed by atoms with Gasteiger partial charge < -0.3 is 20.4 Å². The Kier molecular flexibility index (Phi) is 5.31. The van der Waals surface area contributed by atoms with Gasteiger partial charge in [0.25, 0.3) is 0 Å². The molecule has 1 aliphatic rings. The summed E-state index contributed by atoms with van der Waals surface area (Å²) in [5.74, 6) is 1.03. The van der Waals surface area contributed by atoms with Gasteiger partial charge in [-0.2, -0.15) is 0 Å². The van der Waals surface area contributed by atoms with E-state index in [0.717, 1.165) is 28.9 Å². The normalized spacial score (nSPS) is 18.4. The van der Waals surface area contributed by atoms with Gasteiger partial charge in [-0.15, -0.1) is 10.2 Å². The Labute approximate surface area is 169 Å². The first-order valence-corrected chi connectivity index (χ1v) is 9.91. The second-order valence-electron chi connectivity index (χ2n) is 7.24. The van der Waals surface area contributed by atoms with Gasteiger partial charge in [-0.05, 0) is 49.2 Å². The number of fused-ring (bicyclic) bond motifs is 1. The third-order valence-electron chi connectivity index (χ3n) is 5.27. The first kappa shape index (κ1) is 19.1. The molecule has 0 unspecified atom stereocenters. The van der Waals surface area contributed by atoms with Gasteiger partial charge in [0, 0.05) is 29.4 Å². The molecule has 0 aliphatic carbocycles. The first-order valence-electron chi connectivity index (χ1n) is 9.91. The number of para-hydroxylation sites is 1. The highest BCUT2D eigenvalue weighted by Crippen LogP contribution is 2.39. The van der Waals surface area contributed by atoms with Crippen LogP contribution in [0, 0.1) is 0 Å².